The van der Waals surface area contributed by atoms with E-state index in [4.69, 9.17) is 9.05 Å². The summed E-state index contributed by atoms with van der Waals surface area (Å²) in [5.41, 5.74) is -0.0478. The maximum absolute atomic E-state index is 10.9. The zero-order valence-electron chi connectivity index (χ0n) is 23.0. The van der Waals surface area contributed by atoms with Gasteiger partial charge in [-0.1, -0.05) is 89.1 Å². The van der Waals surface area contributed by atoms with Gasteiger partial charge >= 0.3 is 17.2 Å². The molecule has 0 saturated heterocycles. The van der Waals surface area contributed by atoms with E-state index in [0.29, 0.717) is 11.1 Å². The summed E-state index contributed by atoms with van der Waals surface area (Å²) in [5.74, 6) is 0. The fourth-order valence-electron chi connectivity index (χ4n) is 4.85. The van der Waals surface area contributed by atoms with Crippen LogP contribution in [0.5, 0.6) is 0 Å². The van der Waals surface area contributed by atoms with Crippen molar-refractivity contribution in [2.45, 2.75) is 71.8 Å². The summed E-state index contributed by atoms with van der Waals surface area (Å²) in [6, 6.07) is 11.3. The normalized spacial score (nSPS) is 13.6. The first-order chi connectivity index (χ1) is 16.9. The SMILES string of the molecule is Cc1ccc(C(OP(O)O)(c2ccc(C)cc2C(C)(C)C)C(CO)(CO)COP(O)O)c(C(C)(C)C)c1. The molecule has 0 aliphatic heterocycles. The molecule has 0 aliphatic carbocycles. The summed E-state index contributed by atoms with van der Waals surface area (Å²) in [5, 5.41) is 21.9. The van der Waals surface area contributed by atoms with Crippen LogP contribution in [-0.4, -0.2) is 49.6 Å². The van der Waals surface area contributed by atoms with Crippen molar-refractivity contribution < 1.29 is 38.8 Å². The van der Waals surface area contributed by atoms with Crippen molar-refractivity contribution in [3.8, 4) is 0 Å². The highest BCUT2D eigenvalue weighted by atomic mass is 31.2. The lowest BCUT2D eigenvalue weighted by Gasteiger charge is -2.51. The summed E-state index contributed by atoms with van der Waals surface area (Å²) >= 11 is 0. The molecular weight excluding hydrogens is 514 g/mol. The van der Waals surface area contributed by atoms with E-state index in [2.05, 4.69) is 0 Å². The highest BCUT2D eigenvalue weighted by Gasteiger charge is 2.59. The molecule has 0 atom stereocenters. The topological polar surface area (TPSA) is 140 Å². The van der Waals surface area contributed by atoms with Gasteiger partial charge in [-0.05, 0) is 46.9 Å². The largest absolute Gasteiger partial charge is 0.395 e. The summed E-state index contributed by atoms with van der Waals surface area (Å²) in [6.45, 7) is 13.9. The minimum Gasteiger partial charge on any atom is -0.395 e. The molecule has 2 rings (SSSR count). The quantitative estimate of drug-likeness (QED) is 0.234. The van der Waals surface area contributed by atoms with Crippen molar-refractivity contribution in [3.63, 3.8) is 0 Å². The summed E-state index contributed by atoms with van der Waals surface area (Å²) in [6.07, 6.45) is 0. The highest BCUT2D eigenvalue weighted by Crippen LogP contribution is 2.58. The van der Waals surface area contributed by atoms with E-state index in [9.17, 15) is 29.8 Å². The van der Waals surface area contributed by atoms with Gasteiger partial charge in [0, 0.05) is 0 Å². The molecule has 0 spiro atoms. The first-order valence-corrected chi connectivity index (χ1v) is 14.4. The van der Waals surface area contributed by atoms with Crippen LogP contribution in [0.2, 0.25) is 0 Å². The first-order valence-electron chi connectivity index (χ1n) is 12.1. The second kappa shape index (κ2) is 12.0. The third-order valence-electron chi connectivity index (χ3n) is 6.75. The van der Waals surface area contributed by atoms with Crippen LogP contribution >= 0.6 is 17.2 Å². The van der Waals surface area contributed by atoms with Gasteiger partial charge in [0.15, 0.2) is 0 Å². The van der Waals surface area contributed by atoms with Gasteiger partial charge in [-0.3, -0.25) is 4.52 Å². The third kappa shape index (κ3) is 6.77. The molecule has 8 nitrogen and oxygen atoms in total. The van der Waals surface area contributed by atoms with E-state index in [1.165, 1.54) is 0 Å². The number of hydrogen-bond acceptors (Lipinski definition) is 8. The van der Waals surface area contributed by atoms with Crippen LogP contribution in [0.15, 0.2) is 36.4 Å². The Balaban J connectivity index is 3.28. The summed E-state index contributed by atoms with van der Waals surface area (Å²) in [7, 11) is -5.90. The van der Waals surface area contributed by atoms with Gasteiger partial charge in [0.25, 0.3) is 0 Å². The lowest BCUT2D eigenvalue weighted by atomic mass is 9.60. The fourth-order valence-corrected chi connectivity index (χ4v) is 5.85. The van der Waals surface area contributed by atoms with Crippen molar-refractivity contribution in [2.24, 2.45) is 5.41 Å². The number of aliphatic hydroxyl groups is 2. The van der Waals surface area contributed by atoms with Crippen LogP contribution in [0.1, 0.15) is 74.9 Å². The van der Waals surface area contributed by atoms with Crippen LogP contribution in [0.25, 0.3) is 0 Å². The molecule has 208 valence electrons. The number of benzene rings is 2. The number of rotatable bonds is 10. The van der Waals surface area contributed by atoms with Gasteiger partial charge in [0.2, 0.25) is 0 Å². The Morgan fingerprint density at radius 3 is 1.35 bits per heavy atom. The van der Waals surface area contributed by atoms with E-state index >= 15 is 0 Å². The summed E-state index contributed by atoms with van der Waals surface area (Å²) < 4.78 is 11.4. The van der Waals surface area contributed by atoms with Gasteiger partial charge in [-0.25, -0.2) is 0 Å². The second-order valence-electron chi connectivity index (χ2n) is 11.7. The van der Waals surface area contributed by atoms with E-state index in [0.717, 1.165) is 22.3 Å². The lowest BCUT2D eigenvalue weighted by molar-refractivity contribution is -0.122. The van der Waals surface area contributed by atoms with Crippen molar-refractivity contribution in [2.75, 3.05) is 19.8 Å². The lowest BCUT2D eigenvalue weighted by Crippen LogP contribution is -2.56. The third-order valence-corrected chi connectivity index (χ3v) is 7.55. The molecule has 6 N–H and O–H groups in total. The molecule has 0 heterocycles. The van der Waals surface area contributed by atoms with Gasteiger partial charge < -0.3 is 34.3 Å². The zero-order valence-corrected chi connectivity index (χ0v) is 24.8. The average molecular weight is 557 g/mol. The fraction of sp³-hybridized carbons (Fsp3) is 0.556. The van der Waals surface area contributed by atoms with Crippen molar-refractivity contribution in [1.29, 1.82) is 0 Å². The molecule has 0 amide bonds. The Morgan fingerprint density at radius 1 is 0.649 bits per heavy atom. The molecule has 0 unspecified atom stereocenters. The number of aryl methyl sites for hydroxylation is 2. The Labute approximate surface area is 222 Å². The first kappa shape index (κ1) is 32.2. The number of aliphatic hydroxyl groups excluding tert-OH is 2. The van der Waals surface area contributed by atoms with Crippen molar-refractivity contribution in [3.05, 3.63) is 69.8 Å². The Hall–Kier alpha value is -1.02. The molecule has 10 heteroatoms. The molecule has 0 bridgehead atoms. The van der Waals surface area contributed by atoms with Gasteiger partial charge in [-0.15, -0.1) is 0 Å². The molecule has 0 aromatic heterocycles. The monoisotopic (exact) mass is 556 g/mol. The molecule has 0 aliphatic rings. The van der Waals surface area contributed by atoms with E-state index < -0.39 is 58.9 Å². The van der Waals surface area contributed by atoms with Crippen LogP contribution in [-0.2, 0) is 25.5 Å². The minimum atomic E-state index is -3.05. The highest BCUT2D eigenvalue weighted by molar-refractivity contribution is 7.39. The van der Waals surface area contributed by atoms with Crippen molar-refractivity contribution in [1.82, 2.24) is 0 Å². The van der Waals surface area contributed by atoms with Crippen LogP contribution in [0.4, 0.5) is 0 Å². The Bertz CT molecular complexity index is 990. The predicted octanol–water partition coefficient (Wildman–Crippen LogP) is 4.57. The molecular formula is C27H42O8P2. The Morgan fingerprint density at radius 2 is 1.05 bits per heavy atom. The molecule has 0 fully saturated rings. The molecule has 37 heavy (non-hydrogen) atoms. The minimum absolute atomic E-state index is 0.464. The maximum atomic E-state index is 10.9. The van der Waals surface area contributed by atoms with E-state index in [1.54, 1.807) is 0 Å². The zero-order chi connectivity index (χ0) is 28.4. The standard InChI is InChI=1S/C27H42O8P2/c1-18-9-11-20(22(13-18)24(3,4)5)27(35-37(32)33,26(15-28,16-29)17-34-36(30)31)21-12-10-19(2)14-23(21)25(6,7)8/h9-14,28-33H,15-17H2,1-8H3. The number of hydrogen-bond donors (Lipinski definition) is 6. The van der Waals surface area contributed by atoms with E-state index in [-0.39, 0.29) is 0 Å². The average Bonchev–Trinajstić information content (AvgIpc) is 2.77. The van der Waals surface area contributed by atoms with Crippen LogP contribution < -0.4 is 0 Å². The molecule has 0 saturated carbocycles. The van der Waals surface area contributed by atoms with Crippen LogP contribution in [0, 0.1) is 19.3 Å². The van der Waals surface area contributed by atoms with Crippen LogP contribution in [0.3, 0.4) is 0 Å². The molecule has 2 aromatic rings. The van der Waals surface area contributed by atoms with Gasteiger partial charge in [0.05, 0.1) is 25.2 Å². The summed E-state index contributed by atoms with van der Waals surface area (Å²) in [4.78, 5) is 40.1. The molecule has 0 radical (unpaired) electrons. The smallest absolute Gasteiger partial charge is 0.328 e. The van der Waals surface area contributed by atoms with Gasteiger partial charge in [-0.2, -0.15) is 0 Å². The predicted molar refractivity (Wildman–Crippen MR) is 147 cm³/mol. The maximum Gasteiger partial charge on any atom is 0.328 e. The second-order valence-corrected chi connectivity index (χ2v) is 13.2. The molecule has 2 aromatic carbocycles. The van der Waals surface area contributed by atoms with Gasteiger partial charge in [0.1, 0.15) is 5.60 Å². The Kier molecular flexibility index (Phi) is 10.5. The van der Waals surface area contributed by atoms with E-state index in [1.807, 2.05) is 91.8 Å². The van der Waals surface area contributed by atoms with Crippen molar-refractivity contribution >= 4 is 17.2 Å².